The third-order valence-electron chi connectivity index (χ3n) is 6.95. The summed E-state index contributed by atoms with van der Waals surface area (Å²) in [7, 11) is 1.52. The molecule has 0 aliphatic carbocycles. The second-order valence-corrected chi connectivity index (χ2v) is 10.1. The highest BCUT2D eigenvalue weighted by molar-refractivity contribution is 5.69. The summed E-state index contributed by atoms with van der Waals surface area (Å²) < 4.78 is 2.78. The van der Waals surface area contributed by atoms with Crippen molar-refractivity contribution in [2.24, 2.45) is 13.0 Å². The lowest BCUT2D eigenvalue weighted by atomic mass is 9.96. The number of hydrogen-bond acceptors (Lipinski definition) is 5. The number of piperazine rings is 1. The normalized spacial score (nSPS) is 15.4. The van der Waals surface area contributed by atoms with Crippen LogP contribution in [-0.4, -0.2) is 55.1 Å². The molecule has 0 bridgehead atoms. The number of nitrogens with one attached hydrogen (secondary N) is 1. The molecule has 1 N–H and O–H groups in total. The predicted molar refractivity (Wildman–Crippen MR) is 142 cm³/mol. The lowest BCUT2D eigenvalue weighted by Crippen LogP contribution is -2.47. The first-order valence-corrected chi connectivity index (χ1v) is 12.7. The lowest BCUT2D eigenvalue weighted by molar-refractivity contribution is 0.103. The molecule has 1 aliphatic rings. The van der Waals surface area contributed by atoms with Crippen LogP contribution in [0.1, 0.15) is 36.8 Å². The van der Waals surface area contributed by atoms with Crippen LogP contribution in [0.25, 0.3) is 11.2 Å². The van der Waals surface area contributed by atoms with Crippen molar-refractivity contribution in [3.63, 3.8) is 0 Å². The Kier molecular flexibility index (Phi) is 6.89. The van der Waals surface area contributed by atoms with Gasteiger partial charge in [-0.15, -0.1) is 0 Å². The van der Waals surface area contributed by atoms with Gasteiger partial charge in [-0.1, -0.05) is 74.5 Å². The molecule has 2 aromatic heterocycles. The first-order valence-electron chi connectivity index (χ1n) is 12.7. The van der Waals surface area contributed by atoms with Crippen molar-refractivity contribution in [3.8, 4) is 0 Å². The first kappa shape index (κ1) is 24.2. The highest BCUT2D eigenvalue weighted by Gasteiger charge is 2.27. The Hall–Kier alpha value is -3.49. The summed E-state index contributed by atoms with van der Waals surface area (Å²) in [6, 6.07) is 21.6. The van der Waals surface area contributed by atoms with Crippen LogP contribution in [0.2, 0.25) is 0 Å². The van der Waals surface area contributed by atoms with Gasteiger partial charge in [0.25, 0.3) is 5.56 Å². The number of H-pyrrole nitrogens is 1. The van der Waals surface area contributed by atoms with Gasteiger partial charge in [-0.3, -0.25) is 23.7 Å². The maximum atomic E-state index is 12.7. The van der Waals surface area contributed by atoms with Gasteiger partial charge in [0.1, 0.15) is 11.3 Å². The SMILES string of the molecule is CC(C)Cn1c(=O)n(C)c(=O)c2[nH]c(CN3CCN(C(c4ccccc4)c4ccccc4)CC3)nc21. The van der Waals surface area contributed by atoms with Crippen molar-refractivity contribution >= 4 is 11.2 Å². The molecule has 3 heterocycles. The molecule has 1 fully saturated rings. The van der Waals surface area contributed by atoms with Crippen molar-refractivity contribution in [2.75, 3.05) is 26.2 Å². The van der Waals surface area contributed by atoms with Gasteiger partial charge in [-0.25, -0.2) is 9.78 Å². The molecule has 0 atom stereocenters. The minimum Gasteiger partial charge on any atom is -0.335 e. The Balaban J connectivity index is 1.35. The second-order valence-electron chi connectivity index (χ2n) is 10.1. The molecular weight excluding hydrogens is 452 g/mol. The van der Waals surface area contributed by atoms with Gasteiger partial charge in [0.2, 0.25) is 0 Å². The Morgan fingerprint density at radius 3 is 2.03 bits per heavy atom. The van der Waals surface area contributed by atoms with Crippen molar-refractivity contribution in [2.45, 2.75) is 33.0 Å². The topological polar surface area (TPSA) is 79.2 Å². The fourth-order valence-corrected chi connectivity index (χ4v) is 5.16. The molecule has 188 valence electrons. The number of rotatable bonds is 7. The Morgan fingerprint density at radius 2 is 1.47 bits per heavy atom. The quantitative estimate of drug-likeness (QED) is 0.435. The molecule has 0 unspecified atom stereocenters. The van der Waals surface area contributed by atoms with E-state index in [1.165, 1.54) is 22.7 Å². The third-order valence-corrected chi connectivity index (χ3v) is 6.95. The van der Waals surface area contributed by atoms with Crippen LogP contribution in [0.3, 0.4) is 0 Å². The number of benzene rings is 2. The zero-order valence-corrected chi connectivity index (χ0v) is 21.2. The van der Waals surface area contributed by atoms with Gasteiger partial charge < -0.3 is 4.98 Å². The summed E-state index contributed by atoms with van der Waals surface area (Å²) >= 11 is 0. The summed E-state index contributed by atoms with van der Waals surface area (Å²) in [5.41, 5.74) is 2.81. The van der Waals surface area contributed by atoms with Crippen LogP contribution in [0.4, 0.5) is 0 Å². The maximum Gasteiger partial charge on any atom is 0.332 e. The smallest absolute Gasteiger partial charge is 0.332 e. The van der Waals surface area contributed by atoms with Gasteiger partial charge in [-0.2, -0.15) is 0 Å². The molecule has 1 saturated heterocycles. The molecule has 5 rings (SSSR count). The van der Waals surface area contributed by atoms with E-state index in [9.17, 15) is 9.59 Å². The van der Waals surface area contributed by atoms with Crippen LogP contribution >= 0.6 is 0 Å². The average Bonchev–Trinajstić information content (AvgIpc) is 3.31. The maximum absolute atomic E-state index is 12.7. The highest BCUT2D eigenvalue weighted by Crippen LogP contribution is 2.29. The summed E-state index contributed by atoms with van der Waals surface area (Å²) in [6.07, 6.45) is 0. The van der Waals surface area contributed by atoms with E-state index in [4.69, 9.17) is 4.98 Å². The molecule has 0 saturated carbocycles. The molecule has 36 heavy (non-hydrogen) atoms. The average molecular weight is 487 g/mol. The van der Waals surface area contributed by atoms with Gasteiger partial charge >= 0.3 is 5.69 Å². The van der Waals surface area contributed by atoms with Crippen molar-refractivity contribution in [1.29, 1.82) is 0 Å². The van der Waals surface area contributed by atoms with Gasteiger partial charge in [0, 0.05) is 39.8 Å². The number of imidazole rings is 1. The minimum absolute atomic E-state index is 0.217. The van der Waals surface area contributed by atoms with Gasteiger partial charge in [0.05, 0.1) is 12.6 Å². The zero-order chi connectivity index (χ0) is 25.2. The zero-order valence-electron chi connectivity index (χ0n) is 21.2. The summed E-state index contributed by atoms with van der Waals surface area (Å²) in [4.78, 5) is 38.3. The van der Waals surface area contributed by atoms with E-state index in [0.717, 1.165) is 32.0 Å². The minimum atomic E-state index is -0.327. The predicted octanol–water partition coefficient (Wildman–Crippen LogP) is 2.99. The van der Waals surface area contributed by atoms with Crippen LogP contribution in [0.15, 0.2) is 70.3 Å². The lowest BCUT2D eigenvalue weighted by Gasteiger charge is -2.39. The van der Waals surface area contributed by atoms with E-state index in [1.807, 2.05) is 0 Å². The number of aromatic amines is 1. The van der Waals surface area contributed by atoms with Crippen molar-refractivity contribution < 1.29 is 0 Å². The Bertz CT molecular complexity index is 1390. The molecule has 0 radical (unpaired) electrons. The number of nitrogens with zero attached hydrogens (tertiary/aromatic N) is 5. The van der Waals surface area contributed by atoms with Crippen molar-refractivity contribution in [3.05, 3.63) is 98.5 Å². The summed E-state index contributed by atoms with van der Waals surface area (Å²) in [5.74, 6) is 0.986. The number of fused-ring (bicyclic) bond motifs is 1. The molecule has 4 aromatic rings. The highest BCUT2D eigenvalue weighted by atomic mass is 16.2. The monoisotopic (exact) mass is 486 g/mol. The van der Waals surface area contributed by atoms with E-state index in [1.54, 1.807) is 4.57 Å². The summed E-state index contributed by atoms with van der Waals surface area (Å²) in [5, 5.41) is 0. The second kappa shape index (κ2) is 10.2. The summed E-state index contributed by atoms with van der Waals surface area (Å²) in [6.45, 7) is 8.87. The van der Waals surface area contributed by atoms with Gasteiger partial charge in [-0.05, 0) is 17.0 Å². The standard InChI is InChI=1S/C28H34N6O2/c1-20(2)18-34-26-24(27(35)31(3)28(34)36)29-23(30-26)19-32-14-16-33(17-15-32)25(21-10-6-4-7-11-21)22-12-8-5-9-13-22/h4-13,20,25H,14-19H2,1-3H3,(H,29,30). The fraction of sp³-hybridized carbons (Fsp3) is 0.393. The van der Waals surface area contributed by atoms with E-state index < -0.39 is 0 Å². The Morgan fingerprint density at radius 1 is 0.889 bits per heavy atom. The molecule has 0 amide bonds. The van der Waals surface area contributed by atoms with Crippen LogP contribution < -0.4 is 11.2 Å². The molecule has 2 aromatic carbocycles. The fourth-order valence-electron chi connectivity index (χ4n) is 5.16. The van der Waals surface area contributed by atoms with E-state index in [2.05, 4.69) is 89.3 Å². The first-order chi connectivity index (χ1) is 17.4. The van der Waals surface area contributed by atoms with E-state index >= 15 is 0 Å². The molecule has 8 heteroatoms. The van der Waals surface area contributed by atoms with Crippen LogP contribution in [0.5, 0.6) is 0 Å². The molecular formula is C28H34N6O2. The van der Waals surface area contributed by atoms with E-state index in [-0.39, 0.29) is 23.2 Å². The van der Waals surface area contributed by atoms with Crippen molar-refractivity contribution in [1.82, 2.24) is 28.9 Å². The third kappa shape index (κ3) is 4.79. The van der Waals surface area contributed by atoms with Gasteiger partial charge in [0.15, 0.2) is 5.65 Å². The molecule has 1 aliphatic heterocycles. The van der Waals surface area contributed by atoms with Crippen LogP contribution in [-0.2, 0) is 20.1 Å². The Labute approximate surface area is 210 Å². The number of hydrogen-bond donors (Lipinski definition) is 1. The number of aromatic nitrogens is 4. The van der Waals surface area contributed by atoms with E-state index in [0.29, 0.717) is 24.3 Å². The van der Waals surface area contributed by atoms with Crippen LogP contribution in [0, 0.1) is 5.92 Å². The largest absolute Gasteiger partial charge is 0.335 e. The molecule has 0 spiro atoms. The molecule has 8 nitrogen and oxygen atoms in total.